The lowest BCUT2D eigenvalue weighted by Gasteiger charge is -2.12. The zero-order valence-corrected chi connectivity index (χ0v) is 14.7. The summed E-state index contributed by atoms with van der Waals surface area (Å²) < 4.78 is 16.2. The average Bonchev–Trinajstić information content (AvgIpc) is 3.31. The summed E-state index contributed by atoms with van der Waals surface area (Å²) in [5.41, 5.74) is 8.85. The first-order valence-electron chi connectivity index (χ1n) is 8.64. The van der Waals surface area contributed by atoms with Gasteiger partial charge in [0.1, 0.15) is 5.52 Å². The number of fused-ring (bicyclic) bond motifs is 1. The van der Waals surface area contributed by atoms with Crippen LogP contribution < -0.4 is 5.73 Å². The molecule has 140 valence electrons. The van der Waals surface area contributed by atoms with E-state index in [1.165, 1.54) is 6.07 Å². The molecule has 1 fully saturated rings. The van der Waals surface area contributed by atoms with Crippen molar-refractivity contribution in [2.24, 2.45) is 0 Å². The highest BCUT2D eigenvalue weighted by atomic mass is 16.7. The Kier molecular flexibility index (Phi) is 4.46. The topological polar surface area (TPSA) is 127 Å². The van der Waals surface area contributed by atoms with Crippen LogP contribution in [-0.2, 0) is 15.9 Å². The van der Waals surface area contributed by atoms with E-state index in [1.807, 2.05) is 13.0 Å². The van der Waals surface area contributed by atoms with Gasteiger partial charge >= 0.3 is 5.69 Å². The van der Waals surface area contributed by atoms with Crippen LogP contribution in [-0.4, -0.2) is 28.1 Å². The molecule has 2 aromatic heterocycles. The van der Waals surface area contributed by atoms with Crippen LogP contribution in [0.2, 0.25) is 0 Å². The van der Waals surface area contributed by atoms with Crippen LogP contribution in [0.4, 0.5) is 11.7 Å². The third kappa shape index (κ3) is 3.11. The van der Waals surface area contributed by atoms with Crippen LogP contribution in [0.5, 0.6) is 0 Å². The van der Waals surface area contributed by atoms with Gasteiger partial charge in [-0.3, -0.25) is 15.1 Å². The molecule has 1 aliphatic heterocycles. The molecule has 3 heterocycles. The number of anilines is 1. The highest BCUT2D eigenvalue weighted by Crippen LogP contribution is 2.38. The first-order chi connectivity index (χ1) is 13.1. The van der Waals surface area contributed by atoms with E-state index >= 15 is 0 Å². The zero-order chi connectivity index (χ0) is 19.0. The molecule has 27 heavy (non-hydrogen) atoms. The summed E-state index contributed by atoms with van der Waals surface area (Å²) in [6.45, 7) is 3.11. The fourth-order valence-electron chi connectivity index (χ4n) is 3.25. The summed E-state index contributed by atoms with van der Waals surface area (Å²) in [5, 5.41) is 11.5. The molecular formula is C18H18N4O5. The number of nitro benzene ring substituents is 1. The highest BCUT2D eigenvalue weighted by molar-refractivity contribution is 5.92. The fraction of sp³-hybridized carbons (Fsp3) is 0.333. The molecule has 1 aromatic carbocycles. The zero-order valence-electron chi connectivity index (χ0n) is 14.7. The van der Waals surface area contributed by atoms with Crippen molar-refractivity contribution in [2.75, 3.05) is 18.9 Å². The molecule has 1 aliphatic rings. The second-order valence-corrected chi connectivity index (χ2v) is 6.21. The Morgan fingerprint density at radius 3 is 2.74 bits per heavy atom. The second-order valence-electron chi connectivity index (χ2n) is 6.21. The number of nitro groups is 1. The van der Waals surface area contributed by atoms with Gasteiger partial charge in [0.2, 0.25) is 5.58 Å². The molecule has 9 nitrogen and oxygen atoms in total. The Bertz CT molecular complexity index is 993. The molecule has 0 bridgehead atoms. The largest absolute Gasteiger partial charge is 0.416 e. The molecular weight excluding hydrogens is 352 g/mol. The molecule has 0 spiro atoms. The molecule has 1 saturated heterocycles. The van der Waals surface area contributed by atoms with Gasteiger partial charge in [-0.2, -0.15) is 4.98 Å². The van der Waals surface area contributed by atoms with E-state index in [-0.39, 0.29) is 17.3 Å². The minimum absolute atomic E-state index is 0.0917. The van der Waals surface area contributed by atoms with E-state index in [4.69, 9.17) is 19.6 Å². The van der Waals surface area contributed by atoms with Gasteiger partial charge in [-0.1, -0.05) is 19.4 Å². The summed E-state index contributed by atoms with van der Waals surface area (Å²) in [4.78, 5) is 19.7. The maximum absolute atomic E-state index is 11.5. The smallest absolute Gasteiger partial charge is 0.314 e. The summed E-state index contributed by atoms with van der Waals surface area (Å²) >= 11 is 0. The quantitative estimate of drug-likeness (QED) is 0.535. The van der Waals surface area contributed by atoms with Crippen LogP contribution in [0.25, 0.3) is 22.4 Å². The number of non-ortho nitro benzene ring substituents is 1. The average molecular weight is 370 g/mol. The summed E-state index contributed by atoms with van der Waals surface area (Å²) in [7, 11) is 0. The second kappa shape index (κ2) is 6.93. The third-order valence-corrected chi connectivity index (χ3v) is 4.42. The van der Waals surface area contributed by atoms with E-state index in [0.717, 1.165) is 17.5 Å². The molecule has 2 N–H and O–H groups in total. The van der Waals surface area contributed by atoms with E-state index in [2.05, 4.69) is 9.97 Å². The Labute approximate surface area is 154 Å². The van der Waals surface area contributed by atoms with Crippen LogP contribution in [0.15, 0.2) is 28.8 Å². The lowest BCUT2D eigenvalue weighted by atomic mass is 9.97. The van der Waals surface area contributed by atoms with E-state index in [0.29, 0.717) is 36.4 Å². The van der Waals surface area contributed by atoms with E-state index < -0.39 is 11.2 Å². The number of hydrogen-bond donors (Lipinski definition) is 1. The van der Waals surface area contributed by atoms with Crippen molar-refractivity contribution in [3.05, 3.63) is 45.6 Å². The minimum atomic E-state index is -0.499. The van der Waals surface area contributed by atoms with Crippen molar-refractivity contribution in [1.29, 1.82) is 0 Å². The number of nitrogens with two attached hydrogens (primary N) is 1. The van der Waals surface area contributed by atoms with Crippen molar-refractivity contribution in [1.82, 2.24) is 9.97 Å². The molecule has 0 saturated carbocycles. The van der Waals surface area contributed by atoms with Crippen LogP contribution in [0.3, 0.4) is 0 Å². The summed E-state index contributed by atoms with van der Waals surface area (Å²) in [6, 6.07) is 5.03. The third-order valence-electron chi connectivity index (χ3n) is 4.42. The van der Waals surface area contributed by atoms with Crippen molar-refractivity contribution >= 4 is 22.8 Å². The van der Waals surface area contributed by atoms with Crippen molar-refractivity contribution in [3.63, 3.8) is 0 Å². The van der Waals surface area contributed by atoms with E-state index in [1.54, 1.807) is 12.3 Å². The molecule has 0 atom stereocenters. The molecule has 9 heteroatoms. The van der Waals surface area contributed by atoms with Gasteiger partial charge in [0.25, 0.3) is 6.01 Å². The first kappa shape index (κ1) is 17.4. The lowest BCUT2D eigenvalue weighted by molar-refractivity contribution is -0.383. The number of ether oxygens (including phenoxy) is 2. The highest BCUT2D eigenvalue weighted by Gasteiger charge is 2.25. The molecule has 0 amide bonds. The van der Waals surface area contributed by atoms with Gasteiger partial charge in [-0.05, 0) is 18.1 Å². The van der Waals surface area contributed by atoms with Gasteiger partial charge in [0.15, 0.2) is 6.29 Å². The summed E-state index contributed by atoms with van der Waals surface area (Å²) in [5.74, 6) is 0. The number of aromatic nitrogens is 2. The maximum Gasteiger partial charge on any atom is 0.314 e. The molecule has 3 aromatic rings. The van der Waals surface area contributed by atoms with Gasteiger partial charge in [-0.25, -0.2) is 0 Å². The number of hydrogen-bond acceptors (Lipinski definition) is 8. The molecule has 0 unspecified atom stereocenters. The Morgan fingerprint density at radius 2 is 2.11 bits per heavy atom. The number of nitrogens with zero attached hydrogens (tertiary/aromatic N) is 3. The number of oxazole rings is 1. The molecule has 0 aliphatic carbocycles. The lowest BCUT2D eigenvalue weighted by Crippen LogP contribution is -2.01. The molecule has 0 radical (unpaired) electrons. The Balaban J connectivity index is 1.86. The van der Waals surface area contributed by atoms with Gasteiger partial charge in [-0.15, -0.1) is 0 Å². The van der Waals surface area contributed by atoms with Crippen molar-refractivity contribution in [3.8, 4) is 11.3 Å². The van der Waals surface area contributed by atoms with Crippen molar-refractivity contribution in [2.45, 2.75) is 26.1 Å². The minimum Gasteiger partial charge on any atom is -0.416 e. The van der Waals surface area contributed by atoms with Crippen LogP contribution in [0.1, 0.15) is 30.8 Å². The number of aryl methyl sites for hydroxylation is 1. The normalized spacial score (nSPS) is 14.9. The Hall–Kier alpha value is -3.04. The predicted molar refractivity (Wildman–Crippen MR) is 96.9 cm³/mol. The van der Waals surface area contributed by atoms with Crippen LogP contribution in [0, 0.1) is 10.1 Å². The van der Waals surface area contributed by atoms with Gasteiger partial charge < -0.3 is 19.6 Å². The number of rotatable bonds is 5. The first-order valence-corrected chi connectivity index (χ1v) is 8.64. The number of nitrogen functional groups attached to an aromatic ring is 1. The molecule has 4 rings (SSSR count). The number of pyridine rings is 1. The van der Waals surface area contributed by atoms with Gasteiger partial charge in [0.05, 0.1) is 23.8 Å². The van der Waals surface area contributed by atoms with E-state index in [9.17, 15) is 10.1 Å². The fourth-order valence-corrected chi connectivity index (χ4v) is 3.25. The maximum atomic E-state index is 11.5. The van der Waals surface area contributed by atoms with Crippen LogP contribution >= 0.6 is 0 Å². The monoisotopic (exact) mass is 370 g/mol. The SMILES string of the molecule is CCCc1c(-c2ccc(C3OCCO3)cn2)cc([N+](=O)[O-])c2oc(N)nc12. The van der Waals surface area contributed by atoms with Gasteiger partial charge in [0, 0.05) is 23.4 Å². The van der Waals surface area contributed by atoms with Crippen molar-refractivity contribution < 1.29 is 18.8 Å². The standard InChI is InChI=1S/C18H18N4O5/c1-2-3-11-12(8-14(22(23)24)16-15(11)21-18(19)27-16)13-5-4-10(9-20-13)17-25-6-7-26-17/h4-5,8-9,17H,2-3,6-7H2,1H3,(H2,19,21). The summed E-state index contributed by atoms with van der Waals surface area (Å²) in [6.07, 6.45) is 2.73. The predicted octanol–water partition coefficient (Wildman–Crippen LogP) is 3.38. The number of benzene rings is 1. The Morgan fingerprint density at radius 1 is 1.33 bits per heavy atom.